The number of ether oxygens (including phenoxy) is 2. The maximum atomic E-state index is 13.1. The summed E-state index contributed by atoms with van der Waals surface area (Å²) in [6.45, 7) is 1.42. The number of hydrogen-bond acceptors (Lipinski definition) is 5. The van der Waals surface area contributed by atoms with Crippen LogP contribution in [-0.4, -0.2) is 38.3 Å². The average Bonchev–Trinajstić information content (AvgIpc) is 2.69. The van der Waals surface area contributed by atoms with Gasteiger partial charge in [0.2, 0.25) is 0 Å². The van der Waals surface area contributed by atoms with Gasteiger partial charge in [-0.2, -0.15) is 5.10 Å². The number of methoxy groups -OCH3 is 2. The van der Waals surface area contributed by atoms with Crippen molar-refractivity contribution in [2.75, 3.05) is 20.8 Å². The molecule has 0 fully saturated rings. The molecule has 0 aromatic heterocycles. The lowest BCUT2D eigenvalue weighted by atomic mass is 10.1. The van der Waals surface area contributed by atoms with Crippen molar-refractivity contribution in [3.8, 4) is 11.5 Å². The first-order valence-corrected chi connectivity index (χ1v) is 8.04. The van der Waals surface area contributed by atoms with Gasteiger partial charge in [-0.25, -0.2) is 9.82 Å². The van der Waals surface area contributed by atoms with E-state index in [1.54, 1.807) is 25.1 Å². The minimum Gasteiger partial charge on any atom is -0.493 e. The quantitative estimate of drug-likeness (QED) is 0.575. The van der Waals surface area contributed by atoms with Crippen molar-refractivity contribution in [3.63, 3.8) is 0 Å². The number of carbonyl (C=O) groups is 2. The van der Waals surface area contributed by atoms with Gasteiger partial charge in [0.15, 0.2) is 11.5 Å². The van der Waals surface area contributed by atoms with Gasteiger partial charge in [-0.1, -0.05) is 6.07 Å². The van der Waals surface area contributed by atoms with Crippen LogP contribution in [0.4, 0.5) is 4.39 Å². The molecule has 0 bridgehead atoms. The Morgan fingerprint density at radius 2 is 1.78 bits per heavy atom. The average molecular weight is 373 g/mol. The molecule has 7 nitrogen and oxygen atoms in total. The fourth-order valence-corrected chi connectivity index (χ4v) is 2.20. The van der Waals surface area contributed by atoms with Gasteiger partial charge in [-0.3, -0.25) is 9.59 Å². The van der Waals surface area contributed by atoms with Gasteiger partial charge in [-0.05, 0) is 43.3 Å². The summed E-state index contributed by atoms with van der Waals surface area (Å²) < 4.78 is 23.5. The highest BCUT2D eigenvalue weighted by Gasteiger charge is 2.09. The highest BCUT2D eigenvalue weighted by molar-refractivity contribution is 6.00. The number of benzene rings is 2. The minimum absolute atomic E-state index is 0.132. The molecule has 0 aliphatic rings. The monoisotopic (exact) mass is 373 g/mol. The van der Waals surface area contributed by atoms with E-state index >= 15 is 0 Å². The molecular weight excluding hydrogens is 353 g/mol. The van der Waals surface area contributed by atoms with Crippen molar-refractivity contribution in [1.29, 1.82) is 0 Å². The Morgan fingerprint density at radius 3 is 2.44 bits per heavy atom. The molecule has 0 atom stereocenters. The molecular formula is C19H20FN3O4. The first kappa shape index (κ1) is 19.9. The van der Waals surface area contributed by atoms with Gasteiger partial charge in [0.25, 0.3) is 11.8 Å². The molecule has 2 aromatic rings. The van der Waals surface area contributed by atoms with E-state index in [4.69, 9.17) is 9.47 Å². The van der Waals surface area contributed by atoms with Gasteiger partial charge in [0, 0.05) is 11.1 Å². The smallest absolute Gasteiger partial charge is 0.259 e. The zero-order valence-electron chi connectivity index (χ0n) is 15.2. The van der Waals surface area contributed by atoms with Gasteiger partial charge in [0.05, 0.1) is 26.5 Å². The lowest BCUT2D eigenvalue weighted by Crippen LogP contribution is -2.35. The first-order valence-electron chi connectivity index (χ1n) is 8.04. The van der Waals surface area contributed by atoms with Crippen molar-refractivity contribution in [3.05, 3.63) is 59.4 Å². The minimum atomic E-state index is -0.551. The van der Waals surface area contributed by atoms with E-state index in [0.717, 1.165) is 11.6 Å². The van der Waals surface area contributed by atoms with Gasteiger partial charge in [0.1, 0.15) is 5.82 Å². The Morgan fingerprint density at radius 1 is 1.04 bits per heavy atom. The number of rotatable bonds is 7. The SMILES string of the molecule is COc1ccc(/C(C)=N/NC(=O)CNC(=O)c2cccc(F)c2)cc1OC. The summed E-state index contributed by atoms with van der Waals surface area (Å²) in [6, 6.07) is 10.4. The fourth-order valence-electron chi connectivity index (χ4n) is 2.20. The van der Waals surface area contributed by atoms with Crippen LogP contribution in [0.2, 0.25) is 0 Å². The molecule has 0 spiro atoms. The molecule has 27 heavy (non-hydrogen) atoms. The summed E-state index contributed by atoms with van der Waals surface area (Å²) >= 11 is 0. The molecule has 2 aromatic carbocycles. The molecule has 0 aliphatic heterocycles. The van der Waals surface area contributed by atoms with Crippen molar-refractivity contribution in [2.24, 2.45) is 5.10 Å². The van der Waals surface area contributed by atoms with Crippen LogP contribution < -0.4 is 20.2 Å². The molecule has 2 rings (SSSR count). The molecule has 2 amide bonds. The highest BCUT2D eigenvalue weighted by atomic mass is 19.1. The van der Waals surface area contributed by atoms with E-state index in [2.05, 4.69) is 15.8 Å². The van der Waals surface area contributed by atoms with Gasteiger partial charge >= 0.3 is 0 Å². The third-order valence-electron chi connectivity index (χ3n) is 3.65. The van der Waals surface area contributed by atoms with Crippen molar-refractivity contribution < 1.29 is 23.5 Å². The lowest BCUT2D eigenvalue weighted by Gasteiger charge is -2.09. The first-order chi connectivity index (χ1) is 12.9. The van der Waals surface area contributed by atoms with E-state index in [1.807, 2.05) is 0 Å². The summed E-state index contributed by atoms with van der Waals surface area (Å²) in [7, 11) is 3.06. The Hall–Kier alpha value is -3.42. The number of hydrazone groups is 1. The molecule has 0 saturated heterocycles. The maximum absolute atomic E-state index is 13.1. The second kappa shape index (κ2) is 9.33. The van der Waals surface area contributed by atoms with Crippen LogP contribution in [0.5, 0.6) is 11.5 Å². The Bertz CT molecular complexity index is 868. The molecule has 0 heterocycles. The number of amides is 2. The largest absolute Gasteiger partial charge is 0.493 e. The van der Waals surface area contributed by atoms with E-state index in [0.29, 0.717) is 17.2 Å². The summed E-state index contributed by atoms with van der Waals surface area (Å²) in [6.07, 6.45) is 0. The number of nitrogens with one attached hydrogen (secondary N) is 2. The number of carbonyl (C=O) groups excluding carboxylic acids is 2. The normalized spacial score (nSPS) is 10.9. The predicted molar refractivity (Wildman–Crippen MR) is 98.6 cm³/mol. The van der Waals surface area contributed by atoms with Crippen LogP contribution in [-0.2, 0) is 4.79 Å². The second-order valence-electron chi connectivity index (χ2n) is 5.49. The summed E-state index contributed by atoms with van der Waals surface area (Å²) in [5.74, 6) is -0.469. The van der Waals surface area contributed by atoms with E-state index in [-0.39, 0.29) is 12.1 Å². The zero-order chi connectivity index (χ0) is 19.8. The number of halogens is 1. The Labute approximate surface area is 156 Å². The molecule has 142 valence electrons. The topological polar surface area (TPSA) is 89.0 Å². The van der Waals surface area contributed by atoms with Crippen LogP contribution in [0.15, 0.2) is 47.6 Å². The zero-order valence-corrected chi connectivity index (χ0v) is 15.2. The van der Waals surface area contributed by atoms with E-state index in [1.165, 1.54) is 32.4 Å². The molecule has 0 saturated carbocycles. The molecule has 2 N–H and O–H groups in total. The van der Waals surface area contributed by atoms with E-state index < -0.39 is 17.6 Å². The second-order valence-corrected chi connectivity index (χ2v) is 5.49. The Balaban J connectivity index is 1.93. The standard InChI is InChI=1S/C19H20FN3O4/c1-12(13-7-8-16(26-2)17(10-13)27-3)22-23-18(24)11-21-19(25)14-5-4-6-15(20)9-14/h4-10H,11H2,1-3H3,(H,21,25)(H,23,24)/b22-12+. The third-order valence-corrected chi connectivity index (χ3v) is 3.65. The van der Waals surface area contributed by atoms with Crippen LogP contribution in [0.1, 0.15) is 22.8 Å². The summed E-state index contributed by atoms with van der Waals surface area (Å²) in [5, 5.41) is 6.40. The Kier molecular flexibility index (Phi) is 6.87. The van der Waals surface area contributed by atoms with Crippen LogP contribution in [0, 0.1) is 5.82 Å². The lowest BCUT2D eigenvalue weighted by molar-refractivity contribution is -0.120. The van der Waals surface area contributed by atoms with Crippen molar-refractivity contribution in [1.82, 2.24) is 10.7 Å². The van der Waals surface area contributed by atoms with Gasteiger partial charge in [-0.15, -0.1) is 0 Å². The fraction of sp³-hybridized carbons (Fsp3) is 0.211. The van der Waals surface area contributed by atoms with E-state index in [9.17, 15) is 14.0 Å². The molecule has 0 unspecified atom stereocenters. The van der Waals surface area contributed by atoms with Crippen LogP contribution >= 0.6 is 0 Å². The molecule has 0 aliphatic carbocycles. The predicted octanol–water partition coefficient (Wildman–Crippen LogP) is 2.11. The molecule has 0 radical (unpaired) electrons. The molecule has 8 heteroatoms. The van der Waals surface area contributed by atoms with Crippen molar-refractivity contribution >= 4 is 17.5 Å². The van der Waals surface area contributed by atoms with Gasteiger partial charge < -0.3 is 14.8 Å². The third kappa shape index (κ3) is 5.53. The summed E-state index contributed by atoms with van der Waals surface area (Å²) in [4.78, 5) is 23.7. The van der Waals surface area contributed by atoms with Crippen LogP contribution in [0.3, 0.4) is 0 Å². The van der Waals surface area contributed by atoms with Crippen molar-refractivity contribution in [2.45, 2.75) is 6.92 Å². The number of hydrogen-bond donors (Lipinski definition) is 2. The number of nitrogens with zero attached hydrogens (tertiary/aromatic N) is 1. The highest BCUT2D eigenvalue weighted by Crippen LogP contribution is 2.27. The maximum Gasteiger partial charge on any atom is 0.259 e. The van der Waals surface area contributed by atoms with Crippen LogP contribution in [0.25, 0.3) is 0 Å². The summed E-state index contributed by atoms with van der Waals surface area (Å²) in [5.41, 5.74) is 3.76.